The van der Waals surface area contributed by atoms with Crippen LogP contribution in [0.1, 0.15) is 31.6 Å². The number of hydrogen-bond donors (Lipinski definition) is 1. The molecule has 0 radical (unpaired) electrons. The highest BCUT2D eigenvalue weighted by molar-refractivity contribution is 7.16. The Morgan fingerprint density at radius 2 is 2.17 bits per heavy atom. The monoisotopic (exact) mass is 288 g/mol. The SMILES string of the molecule is CCCC(C)(CNC)CN(C)Cc1ccc(Cl)s1. The molecule has 1 unspecified atom stereocenters. The lowest BCUT2D eigenvalue weighted by molar-refractivity contribution is 0.172. The zero-order valence-corrected chi connectivity index (χ0v) is 13.5. The summed E-state index contributed by atoms with van der Waals surface area (Å²) in [7, 11) is 4.23. The molecule has 0 saturated heterocycles. The van der Waals surface area contributed by atoms with Gasteiger partial charge in [-0.05, 0) is 38.1 Å². The maximum absolute atomic E-state index is 5.97. The van der Waals surface area contributed by atoms with E-state index in [4.69, 9.17) is 11.6 Å². The van der Waals surface area contributed by atoms with Crippen LogP contribution < -0.4 is 5.32 Å². The molecule has 104 valence electrons. The predicted octanol–water partition coefficient (Wildman–Crippen LogP) is 3.86. The van der Waals surface area contributed by atoms with E-state index in [1.807, 2.05) is 13.1 Å². The molecule has 1 heterocycles. The Hall–Kier alpha value is -0.0900. The van der Waals surface area contributed by atoms with Crippen molar-refractivity contribution in [2.45, 2.75) is 33.2 Å². The highest BCUT2D eigenvalue weighted by Gasteiger charge is 2.24. The molecule has 0 saturated carbocycles. The van der Waals surface area contributed by atoms with E-state index in [9.17, 15) is 0 Å². The highest BCUT2D eigenvalue weighted by atomic mass is 35.5. The van der Waals surface area contributed by atoms with Gasteiger partial charge in [-0.2, -0.15) is 0 Å². The zero-order valence-electron chi connectivity index (χ0n) is 11.9. The molecule has 0 bridgehead atoms. The van der Waals surface area contributed by atoms with Gasteiger partial charge in [0.05, 0.1) is 4.34 Å². The molecule has 1 rings (SSSR count). The molecule has 0 aliphatic carbocycles. The molecule has 1 N–H and O–H groups in total. The van der Waals surface area contributed by atoms with E-state index >= 15 is 0 Å². The van der Waals surface area contributed by atoms with E-state index in [1.165, 1.54) is 17.7 Å². The largest absolute Gasteiger partial charge is 0.319 e. The van der Waals surface area contributed by atoms with Crippen molar-refractivity contribution in [3.8, 4) is 0 Å². The first kappa shape index (κ1) is 16.0. The van der Waals surface area contributed by atoms with Crippen LogP contribution in [0.4, 0.5) is 0 Å². The molecule has 0 amide bonds. The van der Waals surface area contributed by atoms with Crippen molar-refractivity contribution in [1.29, 1.82) is 0 Å². The van der Waals surface area contributed by atoms with Crippen molar-refractivity contribution < 1.29 is 0 Å². The van der Waals surface area contributed by atoms with Crippen LogP contribution in [0.2, 0.25) is 4.34 Å². The average molecular weight is 289 g/mol. The van der Waals surface area contributed by atoms with Gasteiger partial charge in [-0.25, -0.2) is 0 Å². The van der Waals surface area contributed by atoms with Crippen LogP contribution in [0.25, 0.3) is 0 Å². The Bertz CT molecular complexity index is 345. The van der Waals surface area contributed by atoms with Crippen LogP contribution in [0.15, 0.2) is 12.1 Å². The Morgan fingerprint density at radius 1 is 1.44 bits per heavy atom. The van der Waals surface area contributed by atoms with E-state index < -0.39 is 0 Å². The van der Waals surface area contributed by atoms with Crippen molar-refractivity contribution >= 4 is 22.9 Å². The Balaban J connectivity index is 2.52. The van der Waals surface area contributed by atoms with Crippen molar-refractivity contribution in [1.82, 2.24) is 10.2 Å². The summed E-state index contributed by atoms with van der Waals surface area (Å²) in [5.74, 6) is 0. The first-order chi connectivity index (χ1) is 8.49. The van der Waals surface area contributed by atoms with Crippen LogP contribution in [0.3, 0.4) is 0 Å². The van der Waals surface area contributed by atoms with Crippen LogP contribution in [0, 0.1) is 5.41 Å². The van der Waals surface area contributed by atoms with E-state index in [1.54, 1.807) is 11.3 Å². The second kappa shape index (κ2) is 7.49. The summed E-state index contributed by atoms with van der Waals surface area (Å²) in [6.45, 7) is 7.78. The molecular weight excluding hydrogens is 264 g/mol. The minimum Gasteiger partial charge on any atom is -0.319 e. The minimum absolute atomic E-state index is 0.347. The van der Waals surface area contributed by atoms with Gasteiger partial charge in [0.1, 0.15) is 0 Å². The standard InChI is InChI=1S/C14H25ClN2S/c1-5-8-14(2,10-16-3)11-17(4)9-12-6-7-13(15)18-12/h6-7,16H,5,8-11H2,1-4H3. The Labute approximate surface area is 120 Å². The highest BCUT2D eigenvalue weighted by Crippen LogP contribution is 2.26. The number of nitrogens with zero attached hydrogens (tertiary/aromatic N) is 1. The quantitative estimate of drug-likeness (QED) is 0.781. The summed E-state index contributed by atoms with van der Waals surface area (Å²) in [5, 5.41) is 3.32. The molecular formula is C14H25ClN2S. The molecule has 18 heavy (non-hydrogen) atoms. The van der Waals surface area contributed by atoms with Gasteiger partial charge in [-0.15, -0.1) is 11.3 Å². The van der Waals surface area contributed by atoms with Crippen LogP contribution in [0.5, 0.6) is 0 Å². The molecule has 0 aliphatic heterocycles. The lowest BCUT2D eigenvalue weighted by Crippen LogP contribution is -2.39. The third-order valence-electron chi connectivity index (χ3n) is 3.16. The van der Waals surface area contributed by atoms with Crippen molar-refractivity contribution in [3.05, 3.63) is 21.3 Å². The van der Waals surface area contributed by atoms with Gasteiger partial charge in [0.2, 0.25) is 0 Å². The Kier molecular flexibility index (Phi) is 6.64. The van der Waals surface area contributed by atoms with Gasteiger partial charge in [0, 0.05) is 24.5 Å². The number of nitrogens with one attached hydrogen (secondary N) is 1. The summed E-state index contributed by atoms with van der Waals surface area (Å²) in [6.07, 6.45) is 2.49. The topological polar surface area (TPSA) is 15.3 Å². The molecule has 0 fully saturated rings. The fourth-order valence-electron chi connectivity index (χ4n) is 2.66. The zero-order chi connectivity index (χ0) is 13.6. The molecule has 4 heteroatoms. The van der Waals surface area contributed by atoms with E-state index in [2.05, 4.69) is 37.2 Å². The normalized spacial score (nSPS) is 15.0. The second-order valence-corrected chi connectivity index (χ2v) is 7.27. The van der Waals surface area contributed by atoms with Gasteiger partial charge < -0.3 is 10.2 Å². The van der Waals surface area contributed by atoms with Crippen LogP contribution in [-0.2, 0) is 6.54 Å². The number of halogens is 1. The third kappa shape index (κ3) is 5.27. The van der Waals surface area contributed by atoms with Crippen LogP contribution >= 0.6 is 22.9 Å². The van der Waals surface area contributed by atoms with Gasteiger partial charge in [0.25, 0.3) is 0 Å². The van der Waals surface area contributed by atoms with Gasteiger partial charge in [-0.3, -0.25) is 0 Å². The molecule has 0 aromatic carbocycles. The smallest absolute Gasteiger partial charge is 0.0931 e. The maximum Gasteiger partial charge on any atom is 0.0931 e. The first-order valence-corrected chi connectivity index (χ1v) is 7.76. The molecule has 1 atom stereocenters. The summed E-state index contributed by atoms with van der Waals surface area (Å²) in [6, 6.07) is 4.10. The summed E-state index contributed by atoms with van der Waals surface area (Å²) in [4.78, 5) is 3.74. The van der Waals surface area contributed by atoms with Gasteiger partial charge in [-0.1, -0.05) is 31.9 Å². The first-order valence-electron chi connectivity index (χ1n) is 6.56. The number of rotatable bonds is 8. The molecule has 2 nitrogen and oxygen atoms in total. The Morgan fingerprint density at radius 3 is 2.67 bits per heavy atom. The van der Waals surface area contributed by atoms with E-state index in [-0.39, 0.29) is 0 Å². The number of thiophene rings is 1. The van der Waals surface area contributed by atoms with Crippen molar-refractivity contribution in [3.63, 3.8) is 0 Å². The lowest BCUT2D eigenvalue weighted by atomic mass is 9.85. The van der Waals surface area contributed by atoms with E-state index in [0.29, 0.717) is 5.41 Å². The third-order valence-corrected chi connectivity index (χ3v) is 4.38. The van der Waals surface area contributed by atoms with Crippen molar-refractivity contribution in [2.75, 3.05) is 27.2 Å². The van der Waals surface area contributed by atoms with Crippen molar-refractivity contribution in [2.24, 2.45) is 5.41 Å². The fourth-order valence-corrected chi connectivity index (χ4v) is 3.83. The summed E-state index contributed by atoms with van der Waals surface area (Å²) >= 11 is 7.64. The van der Waals surface area contributed by atoms with E-state index in [0.717, 1.165) is 24.0 Å². The average Bonchev–Trinajstić information content (AvgIpc) is 2.63. The molecule has 1 aromatic heterocycles. The molecule has 0 spiro atoms. The van der Waals surface area contributed by atoms with Gasteiger partial charge in [0.15, 0.2) is 0 Å². The summed E-state index contributed by atoms with van der Waals surface area (Å²) in [5.41, 5.74) is 0.347. The molecule has 0 aliphatic rings. The minimum atomic E-state index is 0.347. The maximum atomic E-state index is 5.97. The second-order valence-electron chi connectivity index (χ2n) is 5.47. The molecule has 1 aromatic rings. The lowest BCUT2D eigenvalue weighted by Gasteiger charge is -2.33. The summed E-state index contributed by atoms with van der Waals surface area (Å²) < 4.78 is 0.880. The fraction of sp³-hybridized carbons (Fsp3) is 0.714. The van der Waals surface area contributed by atoms with Crippen LogP contribution in [-0.4, -0.2) is 32.1 Å². The van der Waals surface area contributed by atoms with Gasteiger partial charge >= 0.3 is 0 Å². The number of hydrogen-bond acceptors (Lipinski definition) is 3. The predicted molar refractivity (Wildman–Crippen MR) is 82.6 cm³/mol.